The van der Waals surface area contributed by atoms with Crippen molar-refractivity contribution in [1.29, 1.82) is 0 Å². The SMILES string of the molecule is CCOC(=O)C1=C(CN(CC)Cc2ccccc2)NC(=O)N[C@H]1c1cccc(OC)c1. The molecule has 7 nitrogen and oxygen atoms in total. The highest BCUT2D eigenvalue weighted by Crippen LogP contribution is 2.30. The molecule has 0 radical (unpaired) electrons. The first-order chi connectivity index (χ1) is 15.0. The van der Waals surface area contributed by atoms with E-state index in [1.165, 1.54) is 0 Å². The van der Waals surface area contributed by atoms with Crippen LogP contribution in [0.2, 0.25) is 0 Å². The van der Waals surface area contributed by atoms with Crippen LogP contribution in [0.4, 0.5) is 4.79 Å². The minimum atomic E-state index is -0.631. The molecule has 2 aromatic carbocycles. The standard InChI is InChI=1S/C24H29N3O4/c1-4-27(15-17-10-7-6-8-11-17)16-20-21(23(28)31-5-2)22(26-24(29)25-20)18-12-9-13-19(14-18)30-3/h6-14,22H,4-5,15-16H2,1-3H3,(H2,25,26,29)/t22-/m0/s1. The third kappa shape index (κ3) is 5.64. The van der Waals surface area contributed by atoms with E-state index in [9.17, 15) is 9.59 Å². The summed E-state index contributed by atoms with van der Waals surface area (Å²) in [5.41, 5.74) is 2.86. The van der Waals surface area contributed by atoms with Crippen molar-refractivity contribution >= 4 is 12.0 Å². The third-order valence-electron chi connectivity index (χ3n) is 5.15. The summed E-state index contributed by atoms with van der Waals surface area (Å²) in [6.45, 7) is 5.92. The van der Waals surface area contributed by atoms with Crippen LogP contribution in [0.3, 0.4) is 0 Å². The number of rotatable bonds is 9. The van der Waals surface area contributed by atoms with E-state index >= 15 is 0 Å². The summed E-state index contributed by atoms with van der Waals surface area (Å²) >= 11 is 0. The molecule has 164 valence electrons. The van der Waals surface area contributed by atoms with Crippen molar-refractivity contribution in [3.05, 3.63) is 77.0 Å². The van der Waals surface area contributed by atoms with Crippen molar-refractivity contribution in [2.75, 3.05) is 26.8 Å². The van der Waals surface area contributed by atoms with Crippen molar-refractivity contribution < 1.29 is 19.1 Å². The number of nitrogens with zero attached hydrogens (tertiary/aromatic N) is 1. The Morgan fingerprint density at radius 3 is 2.52 bits per heavy atom. The maximum atomic E-state index is 13.0. The lowest BCUT2D eigenvalue weighted by molar-refractivity contribution is -0.139. The summed E-state index contributed by atoms with van der Waals surface area (Å²) < 4.78 is 10.7. The highest BCUT2D eigenvalue weighted by atomic mass is 16.5. The number of carbonyl (C=O) groups is 2. The number of benzene rings is 2. The van der Waals surface area contributed by atoms with Crippen molar-refractivity contribution in [3.63, 3.8) is 0 Å². The number of methoxy groups -OCH3 is 1. The Bertz CT molecular complexity index is 943. The van der Waals surface area contributed by atoms with Gasteiger partial charge in [0, 0.05) is 18.8 Å². The minimum Gasteiger partial charge on any atom is -0.497 e. The van der Waals surface area contributed by atoms with Gasteiger partial charge in [-0.2, -0.15) is 0 Å². The Morgan fingerprint density at radius 1 is 1.06 bits per heavy atom. The molecular formula is C24H29N3O4. The van der Waals surface area contributed by atoms with E-state index in [0.717, 1.165) is 17.7 Å². The van der Waals surface area contributed by atoms with Crippen molar-refractivity contribution in [3.8, 4) is 5.75 Å². The van der Waals surface area contributed by atoms with Gasteiger partial charge in [0.05, 0.1) is 25.3 Å². The monoisotopic (exact) mass is 423 g/mol. The molecular weight excluding hydrogens is 394 g/mol. The number of likely N-dealkylation sites (N-methyl/N-ethyl adjacent to an activating group) is 1. The van der Waals surface area contributed by atoms with Crippen LogP contribution in [0, 0.1) is 0 Å². The average molecular weight is 424 g/mol. The molecule has 2 amide bonds. The molecule has 0 aliphatic carbocycles. The lowest BCUT2D eigenvalue weighted by atomic mass is 9.94. The topological polar surface area (TPSA) is 79.9 Å². The fraction of sp³-hybridized carbons (Fsp3) is 0.333. The van der Waals surface area contributed by atoms with E-state index in [0.29, 0.717) is 30.1 Å². The second-order valence-corrected chi connectivity index (χ2v) is 7.21. The van der Waals surface area contributed by atoms with E-state index in [4.69, 9.17) is 9.47 Å². The minimum absolute atomic E-state index is 0.246. The number of hydrogen-bond acceptors (Lipinski definition) is 5. The first-order valence-corrected chi connectivity index (χ1v) is 10.4. The molecule has 0 fully saturated rings. The predicted molar refractivity (Wildman–Crippen MR) is 118 cm³/mol. The van der Waals surface area contributed by atoms with Gasteiger partial charge in [-0.15, -0.1) is 0 Å². The van der Waals surface area contributed by atoms with Crippen LogP contribution < -0.4 is 15.4 Å². The average Bonchev–Trinajstić information content (AvgIpc) is 2.79. The summed E-state index contributed by atoms with van der Waals surface area (Å²) in [4.78, 5) is 27.6. The first-order valence-electron chi connectivity index (χ1n) is 10.4. The fourth-order valence-electron chi connectivity index (χ4n) is 3.61. The van der Waals surface area contributed by atoms with Gasteiger partial charge in [-0.1, -0.05) is 49.4 Å². The van der Waals surface area contributed by atoms with Gasteiger partial charge in [0.25, 0.3) is 0 Å². The summed E-state index contributed by atoms with van der Waals surface area (Å²) in [5.74, 6) is 0.197. The number of ether oxygens (including phenoxy) is 2. The second-order valence-electron chi connectivity index (χ2n) is 7.21. The Morgan fingerprint density at radius 2 is 1.84 bits per heavy atom. The molecule has 7 heteroatoms. The number of amides is 2. The van der Waals surface area contributed by atoms with Gasteiger partial charge in [0.15, 0.2) is 0 Å². The third-order valence-corrected chi connectivity index (χ3v) is 5.15. The van der Waals surface area contributed by atoms with Crippen molar-refractivity contribution in [2.45, 2.75) is 26.4 Å². The van der Waals surface area contributed by atoms with Gasteiger partial charge in [-0.05, 0) is 36.7 Å². The summed E-state index contributed by atoms with van der Waals surface area (Å²) in [6, 6.07) is 16.4. The largest absolute Gasteiger partial charge is 0.497 e. The molecule has 2 aromatic rings. The molecule has 1 aliphatic rings. The Labute approximate surface area is 183 Å². The second kappa shape index (κ2) is 10.6. The Hall–Kier alpha value is -3.32. The number of carbonyl (C=O) groups excluding carboxylic acids is 2. The number of nitrogens with one attached hydrogen (secondary N) is 2. The van der Waals surface area contributed by atoms with Crippen LogP contribution in [0.5, 0.6) is 5.75 Å². The predicted octanol–water partition coefficient (Wildman–Crippen LogP) is 3.39. The van der Waals surface area contributed by atoms with Crippen LogP contribution in [0.15, 0.2) is 65.9 Å². The van der Waals surface area contributed by atoms with Crippen molar-refractivity contribution in [1.82, 2.24) is 15.5 Å². The lowest BCUT2D eigenvalue weighted by Gasteiger charge is -2.32. The van der Waals surface area contributed by atoms with Crippen LogP contribution in [0.25, 0.3) is 0 Å². The number of urea groups is 1. The molecule has 0 bridgehead atoms. The molecule has 0 spiro atoms. The lowest BCUT2D eigenvalue weighted by Crippen LogP contribution is -2.48. The molecule has 1 aliphatic heterocycles. The Balaban J connectivity index is 1.98. The van der Waals surface area contributed by atoms with Crippen LogP contribution in [0.1, 0.15) is 31.0 Å². The highest BCUT2D eigenvalue weighted by molar-refractivity contribution is 5.95. The molecule has 2 N–H and O–H groups in total. The van der Waals surface area contributed by atoms with Gasteiger partial charge in [-0.3, -0.25) is 4.90 Å². The van der Waals surface area contributed by atoms with Gasteiger partial charge in [0.2, 0.25) is 0 Å². The van der Waals surface area contributed by atoms with E-state index in [-0.39, 0.29) is 12.6 Å². The molecule has 0 unspecified atom stereocenters. The van der Waals surface area contributed by atoms with E-state index in [1.807, 2.05) is 42.5 Å². The smallest absolute Gasteiger partial charge is 0.338 e. The van der Waals surface area contributed by atoms with E-state index in [2.05, 4.69) is 34.6 Å². The zero-order chi connectivity index (χ0) is 22.2. The summed E-state index contributed by atoms with van der Waals surface area (Å²) in [5, 5.41) is 5.70. The van der Waals surface area contributed by atoms with Gasteiger partial charge >= 0.3 is 12.0 Å². The van der Waals surface area contributed by atoms with Crippen LogP contribution >= 0.6 is 0 Å². The van der Waals surface area contributed by atoms with Gasteiger partial charge in [0.1, 0.15) is 5.75 Å². The quantitative estimate of drug-likeness (QED) is 0.605. The molecule has 3 rings (SSSR count). The van der Waals surface area contributed by atoms with E-state index in [1.54, 1.807) is 14.0 Å². The maximum Gasteiger partial charge on any atom is 0.338 e. The summed E-state index contributed by atoms with van der Waals surface area (Å²) in [7, 11) is 1.58. The molecule has 1 heterocycles. The number of hydrogen-bond donors (Lipinski definition) is 2. The number of esters is 1. The highest BCUT2D eigenvalue weighted by Gasteiger charge is 2.34. The fourth-order valence-corrected chi connectivity index (χ4v) is 3.61. The van der Waals surface area contributed by atoms with Crippen LogP contribution in [-0.4, -0.2) is 43.7 Å². The van der Waals surface area contributed by atoms with Gasteiger partial charge in [-0.25, -0.2) is 9.59 Å². The zero-order valence-electron chi connectivity index (χ0n) is 18.2. The summed E-state index contributed by atoms with van der Waals surface area (Å²) in [6.07, 6.45) is 0. The van der Waals surface area contributed by atoms with Crippen molar-refractivity contribution in [2.24, 2.45) is 0 Å². The first kappa shape index (κ1) is 22.4. The maximum absolute atomic E-state index is 13.0. The van der Waals surface area contributed by atoms with E-state index < -0.39 is 12.0 Å². The normalized spacial score (nSPS) is 16.0. The zero-order valence-corrected chi connectivity index (χ0v) is 18.2. The molecule has 0 saturated heterocycles. The molecule has 0 aromatic heterocycles. The molecule has 1 atom stereocenters. The molecule has 31 heavy (non-hydrogen) atoms. The van der Waals surface area contributed by atoms with Gasteiger partial charge < -0.3 is 20.1 Å². The molecule has 0 saturated carbocycles. The Kier molecular flexibility index (Phi) is 7.67. The van der Waals surface area contributed by atoms with Crippen LogP contribution in [-0.2, 0) is 16.1 Å².